The van der Waals surface area contributed by atoms with Gasteiger partial charge in [-0.3, -0.25) is 9.36 Å². The minimum Gasteiger partial charge on any atom is -0.492 e. The Hall–Kier alpha value is -1.41. The molecule has 16 heteroatoms. The molecule has 3 rings (SSSR count). The average molecular weight is 602 g/mol. The van der Waals surface area contributed by atoms with Crippen LogP contribution in [0.2, 0.25) is 0 Å². The molecule has 190 valence electrons. The molecule has 1 aliphatic rings. The highest BCUT2D eigenvalue weighted by Gasteiger charge is 2.53. The summed E-state index contributed by atoms with van der Waals surface area (Å²) in [7, 11) is -5.96. The van der Waals surface area contributed by atoms with E-state index >= 15 is 0 Å². The van der Waals surface area contributed by atoms with Crippen LogP contribution in [-0.2, 0) is 10.2 Å². The molecule has 0 atom stereocenters. The van der Waals surface area contributed by atoms with Gasteiger partial charge in [0.2, 0.25) is 0 Å². The molecule has 0 aliphatic heterocycles. The lowest BCUT2D eigenvalue weighted by molar-refractivity contribution is -0.136. The van der Waals surface area contributed by atoms with E-state index in [0.29, 0.717) is 0 Å². The van der Waals surface area contributed by atoms with Crippen molar-refractivity contribution >= 4 is 50.9 Å². The topological polar surface area (TPSA) is 95.9 Å². The van der Waals surface area contributed by atoms with Crippen LogP contribution in [0.1, 0.15) is 40.9 Å². The van der Waals surface area contributed by atoms with E-state index in [1.165, 1.54) is 0 Å². The highest BCUT2D eigenvalue weighted by molar-refractivity contribution is 9.10. The minimum absolute atomic E-state index is 0.103. The number of nitrogens with one attached hydrogen (secondary N) is 1. The zero-order valence-corrected chi connectivity index (χ0v) is 20.1. The summed E-state index contributed by atoms with van der Waals surface area (Å²) in [4.78, 5) is 29.6. The zero-order valence-electron chi connectivity index (χ0n) is 16.8. The number of hydrogen-bond donors (Lipinski definition) is 3. The largest absolute Gasteiger partial charge is 0.492 e. The number of alkyl halides is 7. The van der Waals surface area contributed by atoms with E-state index in [1.54, 1.807) is 0 Å². The van der Waals surface area contributed by atoms with E-state index in [1.807, 2.05) is 0 Å². The van der Waals surface area contributed by atoms with Crippen molar-refractivity contribution in [3.05, 3.63) is 27.0 Å². The summed E-state index contributed by atoms with van der Waals surface area (Å²) in [6.45, 7) is -0.506. The quantitative estimate of drug-likeness (QED) is 0.192. The Labute approximate surface area is 199 Å². The lowest BCUT2D eigenvalue weighted by atomic mass is 9.88. The molecule has 0 saturated heterocycles. The first-order chi connectivity index (χ1) is 15.4. The third kappa shape index (κ3) is 5.86. The molecule has 0 bridgehead atoms. The molecule has 3 N–H and O–H groups in total. The van der Waals surface area contributed by atoms with Gasteiger partial charge in [-0.2, -0.15) is 22.0 Å². The number of amides is 1. The SMILES string of the molecule is O=C(NC1CC(F)(F)C1)c1cc(OCCCC(F)(F)F)c2sc(C(F)(F)P(=O)(O)O)c(Br)c2c1. The van der Waals surface area contributed by atoms with Crippen molar-refractivity contribution in [2.75, 3.05) is 6.61 Å². The predicted octanol–water partition coefficient (Wildman–Crippen LogP) is 6.14. The van der Waals surface area contributed by atoms with Crippen molar-refractivity contribution in [3.63, 3.8) is 0 Å². The minimum atomic E-state index is -5.96. The third-order valence-electron chi connectivity index (χ3n) is 4.88. The summed E-state index contributed by atoms with van der Waals surface area (Å²) in [5.74, 6) is -4.06. The maximum absolute atomic E-state index is 14.4. The number of fused-ring (bicyclic) bond motifs is 1. The molecule has 1 heterocycles. The molecule has 1 saturated carbocycles. The number of hydrogen-bond acceptors (Lipinski definition) is 4. The molecule has 0 radical (unpaired) electrons. The summed E-state index contributed by atoms with van der Waals surface area (Å²) >= 11 is 3.08. The molecule has 1 aromatic heterocycles. The fourth-order valence-corrected chi connectivity index (χ4v) is 6.17. The maximum Gasteiger partial charge on any atom is 0.400 e. The molecule has 1 fully saturated rings. The Morgan fingerprint density at radius 1 is 1.24 bits per heavy atom. The third-order valence-corrected chi connectivity index (χ3v) is 8.37. The molecular formula is C18H16BrF7NO5PS. The number of ether oxygens (including phenoxy) is 1. The van der Waals surface area contributed by atoms with Crippen molar-refractivity contribution in [2.45, 2.75) is 49.5 Å². The van der Waals surface area contributed by atoms with Gasteiger partial charge in [-0.05, 0) is 34.5 Å². The Morgan fingerprint density at radius 3 is 2.38 bits per heavy atom. The Balaban J connectivity index is 1.98. The molecule has 1 aliphatic carbocycles. The Kier molecular flexibility index (Phi) is 7.38. The summed E-state index contributed by atoms with van der Waals surface area (Å²) in [6.07, 6.45) is -7.33. The fraction of sp³-hybridized carbons (Fsp3) is 0.500. The molecular weight excluding hydrogens is 586 g/mol. The van der Waals surface area contributed by atoms with E-state index in [4.69, 9.17) is 14.5 Å². The number of thiophene rings is 1. The van der Waals surface area contributed by atoms with Gasteiger partial charge in [0.1, 0.15) is 10.6 Å². The number of carbonyl (C=O) groups is 1. The summed E-state index contributed by atoms with van der Waals surface area (Å²) in [6, 6.07) is 1.30. The first-order valence-corrected chi connectivity index (χ1v) is 12.7. The first kappa shape index (κ1) is 27.2. The normalized spacial score (nSPS) is 17.0. The smallest absolute Gasteiger partial charge is 0.400 e. The zero-order chi connectivity index (χ0) is 25.7. The van der Waals surface area contributed by atoms with Crippen LogP contribution in [0.25, 0.3) is 10.1 Å². The summed E-state index contributed by atoms with van der Waals surface area (Å²) in [5.41, 5.74) is -4.83. The van der Waals surface area contributed by atoms with E-state index in [0.717, 1.165) is 12.1 Å². The van der Waals surface area contributed by atoms with Gasteiger partial charge in [-0.25, -0.2) is 8.78 Å². The van der Waals surface area contributed by atoms with Gasteiger partial charge in [0.25, 0.3) is 11.8 Å². The van der Waals surface area contributed by atoms with Crippen LogP contribution in [0.3, 0.4) is 0 Å². The average Bonchev–Trinajstić information content (AvgIpc) is 2.99. The van der Waals surface area contributed by atoms with Gasteiger partial charge < -0.3 is 19.8 Å². The van der Waals surface area contributed by atoms with Gasteiger partial charge in [0.15, 0.2) is 0 Å². The molecule has 34 heavy (non-hydrogen) atoms. The second kappa shape index (κ2) is 9.23. The second-order valence-electron chi connectivity index (χ2n) is 7.68. The molecule has 2 aromatic rings. The maximum atomic E-state index is 14.4. The van der Waals surface area contributed by atoms with Gasteiger partial charge in [-0.1, -0.05) is 0 Å². The number of rotatable bonds is 8. The number of carbonyl (C=O) groups excluding carboxylic acids is 1. The standard InChI is InChI=1S/C18H16BrF7NO5PS/c19-12-10-4-8(15(28)27-9-6-16(20,21)7-9)5-11(32-3-1-2-17(22,23)24)13(10)34-14(12)18(25,26)33(29,30)31/h4-5,9H,1-3,6-7H2,(H,27,28)(H2,29,30,31). The van der Waals surface area contributed by atoms with Crippen molar-refractivity contribution in [3.8, 4) is 5.75 Å². The van der Waals surface area contributed by atoms with Crippen molar-refractivity contribution in [2.24, 2.45) is 0 Å². The summed E-state index contributed by atoms with van der Waals surface area (Å²) < 4.78 is 108. The Bertz CT molecular complexity index is 1140. The molecule has 0 spiro atoms. The van der Waals surface area contributed by atoms with Gasteiger partial charge in [-0.15, -0.1) is 11.3 Å². The highest BCUT2D eigenvalue weighted by Crippen LogP contribution is 2.63. The lowest BCUT2D eigenvalue weighted by Gasteiger charge is -2.35. The van der Waals surface area contributed by atoms with Crippen molar-refractivity contribution in [1.29, 1.82) is 0 Å². The van der Waals surface area contributed by atoms with E-state index in [9.17, 15) is 40.1 Å². The van der Waals surface area contributed by atoms with Crippen LogP contribution in [0.4, 0.5) is 30.7 Å². The van der Waals surface area contributed by atoms with Crippen molar-refractivity contribution in [1.82, 2.24) is 5.32 Å². The molecule has 1 amide bonds. The van der Waals surface area contributed by atoms with E-state index < -0.39 is 78.9 Å². The molecule has 0 unspecified atom stereocenters. The van der Waals surface area contributed by atoms with Gasteiger partial charge >= 0.3 is 19.4 Å². The van der Waals surface area contributed by atoms with E-state index in [-0.39, 0.29) is 32.7 Å². The summed E-state index contributed by atoms with van der Waals surface area (Å²) in [5, 5.41) is 2.22. The number of benzene rings is 1. The van der Waals surface area contributed by atoms with E-state index in [2.05, 4.69) is 21.2 Å². The predicted molar refractivity (Wildman–Crippen MR) is 112 cm³/mol. The molecule has 6 nitrogen and oxygen atoms in total. The van der Waals surface area contributed by atoms with Crippen LogP contribution in [-0.4, -0.2) is 40.4 Å². The highest BCUT2D eigenvalue weighted by atomic mass is 79.9. The monoisotopic (exact) mass is 601 g/mol. The Morgan fingerprint density at radius 2 is 1.85 bits per heavy atom. The first-order valence-electron chi connectivity index (χ1n) is 9.49. The van der Waals surface area contributed by atoms with Crippen LogP contribution < -0.4 is 10.1 Å². The van der Waals surface area contributed by atoms with Crippen LogP contribution >= 0.6 is 34.9 Å². The second-order valence-corrected chi connectivity index (χ2v) is 11.1. The van der Waals surface area contributed by atoms with Crippen molar-refractivity contribution < 1.29 is 54.6 Å². The number of halogens is 8. The van der Waals surface area contributed by atoms with Gasteiger partial charge in [0, 0.05) is 40.7 Å². The fourth-order valence-electron chi connectivity index (χ4n) is 3.19. The van der Waals surface area contributed by atoms with Gasteiger partial charge in [0.05, 0.1) is 11.3 Å². The van der Waals surface area contributed by atoms with Crippen LogP contribution in [0.5, 0.6) is 5.75 Å². The lowest BCUT2D eigenvalue weighted by Crippen LogP contribution is -2.50. The van der Waals surface area contributed by atoms with Crippen LogP contribution in [0.15, 0.2) is 16.6 Å². The molecule has 1 aromatic carbocycles. The van der Waals surface area contributed by atoms with Crippen LogP contribution in [0, 0.1) is 0 Å².